The summed E-state index contributed by atoms with van der Waals surface area (Å²) in [6.45, 7) is 1.90. The molecule has 0 saturated carbocycles. The number of carbonyl (C=O) groups excluding carboxylic acids is 1. The van der Waals surface area contributed by atoms with Gasteiger partial charge in [0.25, 0.3) is 0 Å². The highest BCUT2D eigenvalue weighted by Gasteiger charge is 2.05. The lowest BCUT2D eigenvalue weighted by Gasteiger charge is -2.08. The number of anilines is 1. The van der Waals surface area contributed by atoms with E-state index in [-0.39, 0.29) is 5.91 Å². The standard InChI is InChI=1S/C11H13ClN2OS/c1-7-2-3-8(12)6-9(7)14-11(15)5-4-10(13)16/h2-3,6H,4-5H2,1H3,(H2,13,16)(H,14,15). The molecular formula is C11H13ClN2OS. The van der Waals surface area contributed by atoms with Gasteiger partial charge in [-0.1, -0.05) is 29.9 Å². The second kappa shape index (κ2) is 5.82. The second-order valence-electron chi connectivity index (χ2n) is 3.47. The Bertz CT molecular complexity index is 420. The highest BCUT2D eigenvalue weighted by atomic mass is 35.5. The average molecular weight is 257 g/mol. The molecule has 1 aromatic rings. The van der Waals surface area contributed by atoms with Crippen molar-refractivity contribution < 1.29 is 4.79 Å². The van der Waals surface area contributed by atoms with Crippen molar-refractivity contribution in [3.8, 4) is 0 Å². The van der Waals surface area contributed by atoms with Crippen molar-refractivity contribution in [3.63, 3.8) is 0 Å². The van der Waals surface area contributed by atoms with Gasteiger partial charge in [-0.25, -0.2) is 0 Å². The smallest absolute Gasteiger partial charge is 0.224 e. The van der Waals surface area contributed by atoms with Gasteiger partial charge in [-0.05, 0) is 24.6 Å². The van der Waals surface area contributed by atoms with Crippen molar-refractivity contribution >= 4 is 40.4 Å². The number of nitrogens with two attached hydrogens (primary N) is 1. The Morgan fingerprint density at radius 2 is 2.19 bits per heavy atom. The van der Waals surface area contributed by atoms with Crippen molar-refractivity contribution in [1.82, 2.24) is 0 Å². The zero-order valence-electron chi connectivity index (χ0n) is 8.92. The second-order valence-corrected chi connectivity index (χ2v) is 4.43. The van der Waals surface area contributed by atoms with Crippen LogP contribution >= 0.6 is 23.8 Å². The van der Waals surface area contributed by atoms with E-state index in [0.29, 0.717) is 22.9 Å². The fourth-order valence-corrected chi connectivity index (χ4v) is 1.45. The topological polar surface area (TPSA) is 55.1 Å². The monoisotopic (exact) mass is 256 g/mol. The molecule has 0 aliphatic rings. The van der Waals surface area contributed by atoms with Crippen LogP contribution in [0.1, 0.15) is 18.4 Å². The van der Waals surface area contributed by atoms with Crippen molar-refractivity contribution in [1.29, 1.82) is 0 Å². The minimum Gasteiger partial charge on any atom is -0.393 e. The lowest BCUT2D eigenvalue weighted by molar-refractivity contribution is -0.116. The van der Waals surface area contributed by atoms with Crippen LogP contribution in [0.15, 0.2) is 18.2 Å². The molecule has 0 bridgehead atoms. The van der Waals surface area contributed by atoms with Gasteiger partial charge in [0.15, 0.2) is 0 Å². The number of carbonyl (C=O) groups is 1. The van der Waals surface area contributed by atoms with Crippen LogP contribution < -0.4 is 11.1 Å². The number of aryl methyl sites for hydroxylation is 1. The number of benzene rings is 1. The lowest BCUT2D eigenvalue weighted by Crippen LogP contribution is -2.16. The van der Waals surface area contributed by atoms with Gasteiger partial charge in [-0.3, -0.25) is 4.79 Å². The predicted octanol–water partition coefficient (Wildman–Crippen LogP) is 2.65. The Labute approximate surface area is 105 Å². The van der Waals surface area contributed by atoms with Crippen LogP contribution in [0.3, 0.4) is 0 Å². The summed E-state index contributed by atoms with van der Waals surface area (Å²) in [5.41, 5.74) is 7.01. The van der Waals surface area contributed by atoms with Gasteiger partial charge in [-0.15, -0.1) is 0 Å². The zero-order valence-corrected chi connectivity index (χ0v) is 10.5. The molecule has 0 unspecified atom stereocenters. The van der Waals surface area contributed by atoms with E-state index in [9.17, 15) is 4.79 Å². The highest BCUT2D eigenvalue weighted by Crippen LogP contribution is 2.20. The number of hydrogen-bond acceptors (Lipinski definition) is 2. The molecule has 0 saturated heterocycles. The summed E-state index contributed by atoms with van der Waals surface area (Å²) >= 11 is 10.5. The maximum atomic E-state index is 11.5. The van der Waals surface area contributed by atoms with Gasteiger partial charge in [0.05, 0.1) is 4.99 Å². The maximum Gasteiger partial charge on any atom is 0.224 e. The van der Waals surface area contributed by atoms with Gasteiger partial charge >= 0.3 is 0 Å². The van der Waals surface area contributed by atoms with E-state index >= 15 is 0 Å². The van der Waals surface area contributed by atoms with E-state index in [1.54, 1.807) is 12.1 Å². The fraction of sp³-hybridized carbons (Fsp3) is 0.273. The highest BCUT2D eigenvalue weighted by molar-refractivity contribution is 7.80. The molecule has 1 aromatic carbocycles. The zero-order chi connectivity index (χ0) is 12.1. The number of thiocarbonyl (C=S) groups is 1. The van der Waals surface area contributed by atoms with Crippen LogP contribution in [-0.2, 0) is 4.79 Å². The molecule has 0 atom stereocenters. The van der Waals surface area contributed by atoms with E-state index in [4.69, 9.17) is 29.6 Å². The summed E-state index contributed by atoms with van der Waals surface area (Å²) in [7, 11) is 0. The van der Waals surface area contributed by atoms with Gasteiger partial charge in [0, 0.05) is 23.6 Å². The van der Waals surface area contributed by atoms with Crippen molar-refractivity contribution in [2.24, 2.45) is 5.73 Å². The fourth-order valence-electron chi connectivity index (χ4n) is 1.18. The minimum absolute atomic E-state index is 0.113. The molecule has 0 aliphatic carbocycles. The third-order valence-electron chi connectivity index (χ3n) is 2.07. The van der Waals surface area contributed by atoms with E-state index in [1.807, 2.05) is 13.0 Å². The molecule has 0 fully saturated rings. The molecule has 0 radical (unpaired) electrons. The molecule has 0 heterocycles. The summed E-state index contributed by atoms with van der Waals surface area (Å²) < 4.78 is 0. The first-order valence-corrected chi connectivity index (χ1v) is 5.62. The molecule has 1 amide bonds. The Balaban J connectivity index is 2.62. The number of hydrogen-bond donors (Lipinski definition) is 2. The molecule has 86 valence electrons. The maximum absolute atomic E-state index is 11.5. The van der Waals surface area contributed by atoms with Crippen LogP contribution in [0, 0.1) is 6.92 Å². The molecule has 0 aliphatic heterocycles. The first-order chi connectivity index (χ1) is 7.49. The first kappa shape index (κ1) is 12.9. The summed E-state index contributed by atoms with van der Waals surface area (Å²) in [5.74, 6) is -0.113. The third kappa shape index (κ3) is 4.16. The van der Waals surface area contributed by atoms with Crippen molar-refractivity contribution in [2.45, 2.75) is 19.8 Å². The van der Waals surface area contributed by atoms with Crippen LogP contribution in [0.25, 0.3) is 0 Å². The van der Waals surface area contributed by atoms with Crippen molar-refractivity contribution in [2.75, 3.05) is 5.32 Å². The molecule has 16 heavy (non-hydrogen) atoms. The summed E-state index contributed by atoms with van der Waals surface area (Å²) in [6.07, 6.45) is 0.710. The Morgan fingerprint density at radius 3 is 2.81 bits per heavy atom. The van der Waals surface area contributed by atoms with Gasteiger partial charge in [-0.2, -0.15) is 0 Å². The van der Waals surface area contributed by atoms with E-state index in [0.717, 1.165) is 11.3 Å². The van der Waals surface area contributed by atoms with E-state index in [1.165, 1.54) is 0 Å². The van der Waals surface area contributed by atoms with Crippen LogP contribution in [0.5, 0.6) is 0 Å². The number of amides is 1. The Kier molecular flexibility index (Phi) is 4.71. The Morgan fingerprint density at radius 1 is 1.50 bits per heavy atom. The van der Waals surface area contributed by atoms with Gasteiger partial charge in [0.1, 0.15) is 0 Å². The molecule has 0 spiro atoms. The quantitative estimate of drug-likeness (QED) is 0.815. The molecule has 0 aromatic heterocycles. The van der Waals surface area contributed by atoms with Crippen LogP contribution in [0.2, 0.25) is 5.02 Å². The van der Waals surface area contributed by atoms with Crippen molar-refractivity contribution in [3.05, 3.63) is 28.8 Å². The number of nitrogens with one attached hydrogen (secondary N) is 1. The molecule has 5 heteroatoms. The lowest BCUT2D eigenvalue weighted by atomic mass is 10.2. The molecule has 3 nitrogen and oxygen atoms in total. The van der Waals surface area contributed by atoms with E-state index in [2.05, 4.69) is 5.32 Å². The Hall–Kier alpha value is -1.13. The molecule has 3 N–H and O–H groups in total. The normalized spacial score (nSPS) is 9.88. The van der Waals surface area contributed by atoms with Gasteiger partial charge in [0.2, 0.25) is 5.91 Å². The summed E-state index contributed by atoms with van der Waals surface area (Å²) in [4.78, 5) is 11.9. The number of rotatable bonds is 4. The summed E-state index contributed by atoms with van der Waals surface area (Å²) in [6, 6.07) is 5.35. The minimum atomic E-state index is -0.113. The number of halogens is 1. The van der Waals surface area contributed by atoms with Crippen LogP contribution in [-0.4, -0.2) is 10.9 Å². The molecular weight excluding hydrogens is 244 g/mol. The SMILES string of the molecule is Cc1ccc(Cl)cc1NC(=O)CCC(N)=S. The van der Waals surface area contributed by atoms with Gasteiger partial charge < -0.3 is 11.1 Å². The predicted molar refractivity (Wildman–Crippen MR) is 70.8 cm³/mol. The van der Waals surface area contributed by atoms with E-state index < -0.39 is 0 Å². The summed E-state index contributed by atoms with van der Waals surface area (Å²) in [5, 5.41) is 3.36. The largest absolute Gasteiger partial charge is 0.393 e. The average Bonchev–Trinajstić information content (AvgIpc) is 2.20. The molecule has 1 rings (SSSR count). The first-order valence-electron chi connectivity index (χ1n) is 4.83. The van der Waals surface area contributed by atoms with Crippen LogP contribution in [0.4, 0.5) is 5.69 Å². The third-order valence-corrected chi connectivity index (χ3v) is 2.51.